The van der Waals surface area contributed by atoms with E-state index < -0.39 is 5.60 Å². The number of hydrogen-bond acceptors (Lipinski definition) is 3. The second-order valence-corrected chi connectivity index (χ2v) is 7.45. The molecule has 27 heavy (non-hydrogen) atoms. The molecule has 136 valence electrons. The quantitative estimate of drug-likeness (QED) is 0.608. The van der Waals surface area contributed by atoms with Gasteiger partial charge in [0.2, 0.25) is 0 Å². The van der Waals surface area contributed by atoms with Crippen LogP contribution in [0.25, 0.3) is 0 Å². The first-order valence-electron chi connectivity index (χ1n) is 8.84. The van der Waals surface area contributed by atoms with Crippen LogP contribution < -0.4 is 0 Å². The first-order chi connectivity index (χ1) is 13.0. The fourth-order valence-electron chi connectivity index (χ4n) is 3.81. The third kappa shape index (κ3) is 2.93. The van der Waals surface area contributed by atoms with Crippen molar-refractivity contribution in [3.63, 3.8) is 0 Å². The van der Waals surface area contributed by atoms with Crippen molar-refractivity contribution in [1.82, 2.24) is 4.90 Å². The van der Waals surface area contributed by atoms with Crippen LogP contribution in [0.1, 0.15) is 32.6 Å². The van der Waals surface area contributed by atoms with Crippen molar-refractivity contribution >= 4 is 17.6 Å². The maximum Gasteiger partial charge on any atom is 0.340 e. The van der Waals surface area contributed by atoms with Crippen LogP contribution in [0.5, 0.6) is 0 Å². The number of benzene rings is 3. The van der Waals surface area contributed by atoms with E-state index >= 15 is 0 Å². The minimum Gasteiger partial charge on any atom is -0.441 e. The number of hydrogen-bond donors (Lipinski definition) is 0. The van der Waals surface area contributed by atoms with Gasteiger partial charge >= 0.3 is 5.97 Å². The third-order valence-corrected chi connectivity index (χ3v) is 5.16. The van der Waals surface area contributed by atoms with Crippen molar-refractivity contribution in [1.29, 1.82) is 0 Å². The Morgan fingerprint density at radius 1 is 0.889 bits per heavy atom. The molecular formula is C23H20ClNO2. The first-order valence-corrected chi connectivity index (χ1v) is 9.22. The molecule has 0 N–H and O–H groups in total. The number of carbonyl (C=O) groups is 1. The van der Waals surface area contributed by atoms with Gasteiger partial charge in [-0.3, -0.25) is 0 Å². The number of ether oxygens (including phenoxy) is 1. The van der Waals surface area contributed by atoms with Gasteiger partial charge in [0.25, 0.3) is 0 Å². The summed E-state index contributed by atoms with van der Waals surface area (Å²) in [6.45, 7) is 0.741. The average Bonchev–Trinajstić information content (AvgIpc) is 2.96. The monoisotopic (exact) mass is 377 g/mol. The highest BCUT2D eigenvalue weighted by atomic mass is 35.5. The van der Waals surface area contributed by atoms with Gasteiger partial charge < -0.3 is 9.64 Å². The molecule has 1 aliphatic rings. The van der Waals surface area contributed by atoms with E-state index in [1.165, 1.54) is 0 Å². The molecule has 0 fully saturated rings. The number of halogens is 1. The summed E-state index contributed by atoms with van der Waals surface area (Å²) in [6.07, 6.45) is 0. The van der Waals surface area contributed by atoms with E-state index in [0.717, 1.165) is 28.8 Å². The first kappa shape index (κ1) is 17.8. The maximum atomic E-state index is 12.8. The normalized spacial score (nSPS) is 18.4. The lowest BCUT2D eigenvalue weighted by Crippen LogP contribution is -2.31. The Bertz CT molecular complexity index is 997. The smallest absolute Gasteiger partial charge is 0.340 e. The summed E-state index contributed by atoms with van der Waals surface area (Å²) in [6, 6.07) is 23.3. The maximum absolute atomic E-state index is 12.8. The van der Waals surface area contributed by atoms with Crippen LogP contribution in [0.4, 0.5) is 0 Å². The van der Waals surface area contributed by atoms with Crippen LogP contribution in [-0.4, -0.2) is 25.0 Å². The lowest BCUT2D eigenvalue weighted by atomic mass is 9.78. The predicted octanol–water partition coefficient (Wildman–Crippen LogP) is 4.86. The van der Waals surface area contributed by atoms with Crippen LogP contribution >= 0.6 is 11.6 Å². The van der Waals surface area contributed by atoms with Gasteiger partial charge in [0.05, 0.1) is 5.56 Å². The van der Waals surface area contributed by atoms with Crippen LogP contribution in [-0.2, 0) is 16.9 Å². The van der Waals surface area contributed by atoms with Gasteiger partial charge in [-0.25, -0.2) is 4.79 Å². The molecule has 0 radical (unpaired) electrons. The Balaban J connectivity index is 2.03. The number of fused-ring (bicyclic) bond motifs is 1. The highest BCUT2D eigenvalue weighted by Gasteiger charge is 2.49. The topological polar surface area (TPSA) is 29.5 Å². The van der Waals surface area contributed by atoms with Crippen LogP contribution in [0.2, 0.25) is 5.02 Å². The van der Waals surface area contributed by atoms with Gasteiger partial charge in [0, 0.05) is 28.3 Å². The summed E-state index contributed by atoms with van der Waals surface area (Å²) >= 11 is 6.12. The zero-order valence-corrected chi connectivity index (χ0v) is 16.0. The average molecular weight is 378 g/mol. The van der Waals surface area contributed by atoms with Gasteiger partial charge in [-0.15, -0.1) is 0 Å². The van der Waals surface area contributed by atoms with E-state index in [0.29, 0.717) is 10.6 Å². The second kappa shape index (κ2) is 6.84. The van der Waals surface area contributed by atoms with Crippen LogP contribution in [0, 0.1) is 0 Å². The number of nitrogens with zero attached hydrogens (tertiary/aromatic N) is 1. The van der Waals surface area contributed by atoms with Gasteiger partial charge in [0.1, 0.15) is 0 Å². The molecule has 3 aromatic rings. The summed E-state index contributed by atoms with van der Waals surface area (Å²) in [7, 11) is 4.06. The third-order valence-electron chi connectivity index (χ3n) is 4.91. The highest BCUT2D eigenvalue weighted by molar-refractivity contribution is 6.30. The van der Waals surface area contributed by atoms with Crippen molar-refractivity contribution in [3.05, 3.63) is 106 Å². The summed E-state index contributed by atoms with van der Waals surface area (Å²) in [5.41, 5.74) is 3.46. The largest absolute Gasteiger partial charge is 0.441 e. The Kier molecular flexibility index (Phi) is 4.50. The molecule has 0 amide bonds. The molecule has 1 heterocycles. The molecule has 0 saturated carbocycles. The van der Waals surface area contributed by atoms with Crippen molar-refractivity contribution in [2.24, 2.45) is 0 Å². The molecule has 0 bridgehead atoms. The van der Waals surface area contributed by atoms with E-state index in [1.807, 2.05) is 80.8 Å². The Labute approximate surface area is 164 Å². The van der Waals surface area contributed by atoms with E-state index in [1.54, 1.807) is 0 Å². The van der Waals surface area contributed by atoms with Crippen molar-refractivity contribution in [2.75, 3.05) is 14.1 Å². The zero-order chi connectivity index (χ0) is 19.0. The summed E-state index contributed by atoms with van der Waals surface area (Å²) in [4.78, 5) is 14.9. The van der Waals surface area contributed by atoms with Gasteiger partial charge in [-0.05, 0) is 37.9 Å². The Morgan fingerprint density at radius 2 is 1.52 bits per heavy atom. The Hall–Kier alpha value is -2.62. The SMILES string of the molecule is CN(C)Cc1ccccc1C1(c2ccc(Cl)cc2)OC(=O)c2ccccc21. The number of carbonyl (C=O) groups excluding carboxylic acids is 1. The Morgan fingerprint density at radius 3 is 2.22 bits per heavy atom. The molecule has 0 spiro atoms. The van der Waals surface area contributed by atoms with Gasteiger partial charge in [-0.1, -0.05) is 66.2 Å². The molecule has 1 aliphatic heterocycles. The standard InChI is InChI=1S/C23H20ClNO2/c1-25(2)15-16-7-3-5-9-20(16)23(17-11-13-18(24)14-12-17)21-10-6-4-8-19(21)22(26)27-23/h3-14H,15H2,1-2H3. The van der Waals surface area contributed by atoms with Crippen LogP contribution in [0.3, 0.4) is 0 Å². The van der Waals surface area contributed by atoms with E-state index in [-0.39, 0.29) is 5.97 Å². The highest BCUT2D eigenvalue weighted by Crippen LogP contribution is 2.48. The molecule has 3 nitrogen and oxygen atoms in total. The molecule has 0 saturated heterocycles. The van der Waals surface area contributed by atoms with E-state index in [2.05, 4.69) is 11.0 Å². The molecule has 4 heteroatoms. The summed E-state index contributed by atoms with van der Waals surface area (Å²) < 4.78 is 6.15. The number of rotatable bonds is 4. The lowest BCUT2D eigenvalue weighted by molar-refractivity contribution is 0.0248. The van der Waals surface area contributed by atoms with Crippen LogP contribution in [0.15, 0.2) is 72.8 Å². The van der Waals surface area contributed by atoms with Gasteiger partial charge in [-0.2, -0.15) is 0 Å². The molecule has 0 aromatic heterocycles. The van der Waals surface area contributed by atoms with Crippen molar-refractivity contribution in [2.45, 2.75) is 12.1 Å². The van der Waals surface area contributed by atoms with Crippen molar-refractivity contribution < 1.29 is 9.53 Å². The molecular weight excluding hydrogens is 358 g/mol. The molecule has 4 rings (SSSR count). The number of cyclic esters (lactones) is 1. The molecule has 0 aliphatic carbocycles. The number of esters is 1. The minimum atomic E-state index is -0.981. The summed E-state index contributed by atoms with van der Waals surface area (Å²) in [5, 5.41) is 0.646. The zero-order valence-electron chi connectivity index (χ0n) is 15.3. The summed E-state index contributed by atoms with van der Waals surface area (Å²) in [5.74, 6) is -0.305. The lowest BCUT2D eigenvalue weighted by Gasteiger charge is -2.32. The molecule has 3 aromatic carbocycles. The molecule has 1 atom stereocenters. The van der Waals surface area contributed by atoms with E-state index in [9.17, 15) is 4.79 Å². The fraction of sp³-hybridized carbons (Fsp3) is 0.174. The minimum absolute atomic E-state index is 0.305. The molecule has 1 unspecified atom stereocenters. The van der Waals surface area contributed by atoms with E-state index in [4.69, 9.17) is 16.3 Å². The van der Waals surface area contributed by atoms with Crippen molar-refractivity contribution in [3.8, 4) is 0 Å². The second-order valence-electron chi connectivity index (χ2n) is 7.02. The van der Waals surface area contributed by atoms with Gasteiger partial charge in [0.15, 0.2) is 5.60 Å². The fourth-order valence-corrected chi connectivity index (χ4v) is 3.94. The predicted molar refractivity (Wildman–Crippen MR) is 107 cm³/mol.